The van der Waals surface area contributed by atoms with Gasteiger partial charge in [0.25, 0.3) is 0 Å². The zero-order valence-electron chi connectivity index (χ0n) is 17.1. The molecule has 5 rings (SSSR count). The summed E-state index contributed by atoms with van der Waals surface area (Å²) >= 11 is 12.3. The van der Waals surface area contributed by atoms with Crippen LogP contribution in [0.4, 0.5) is 0 Å². The van der Waals surface area contributed by atoms with Crippen LogP contribution in [0.2, 0.25) is 10.0 Å². The average molecular weight is 456 g/mol. The van der Waals surface area contributed by atoms with Crippen LogP contribution in [0, 0.1) is 12.8 Å². The minimum atomic E-state index is -0.107. The van der Waals surface area contributed by atoms with E-state index in [1.54, 1.807) is 12.1 Å². The lowest BCUT2D eigenvalue weighted by Crippen LogP contribution is -2.20. The summed E-state index contributed by atoms with van der Waals surface area (Å²) in [7, 11) is 0. The molecule has 160 valence electrons. The monoisotopic (exact) mass is 455 g/mol. The van der Waals surface area contributed by atoms with Gasteiger partial charge in [0.05, 0.1) is 27.3 Å². The molecule has 2 N–H and O–H groups in total. The van der Waals surface area contributed by atoms with E-state index < -0.39 is 0 Å². The normalized spacial score (nSPS) is 19.4. The predicted octanol–water partition coefficient (Wildman–Crippen LogP) is 6.30. The van der Waals surface area contributed by atoms with Crippen molar-refractivity contribution >= 4 is 45.1 Å². The second-order valence-electron chi connectivity index (χ2n) is 8.40. The summed E-state index contributed by atoms with van der Waals surface area (Å²) in [5.74, 6) is 1.28. The Kier molecular flexibility index (Phi) is 5.29. The molecule has 0 aliphatic heterocycles. The molecule has 0 bridgehead atoms. The molecule has 2 aromatic carbocycles. The van der Waals surface area contributed by atoms with Gasteiger partial charge in [0.1, 0.15) is 11.3 Å². The molecule has 0 atom stereocenters. The van der Waals surface area contributed by atoms with Crippen LogP contribution in [0.15, 0.2) is 36.5 Å². The van der Waals surface area contributed by atoms with Gasteiger partial charge in [-0.2, -0.15) is 0 Å². The third-order valence-electron chi connectivity index (χ3n) is 6.48. The largest absolute Gasteiger partial charge is 0.505 e. The number of aliphatic hydroxyl groups excluding tert-OH is 1. The van der Waals surface area contributed by atoms with E-state index >= 15 is 0 Å². The smallest absolute Gasteiger partial charge is 0.152 e. The van der Waals surface area contributed by atoms with Gasteiger partial charge in [-0.1, -0.05) is 29.3 Å². The van der Waals surface area contributed by atoms with E-state index in [4.69, 9.17) is 28.2 Å². The molecule has 0 unspecified atom stereocenters. The SMILES string of the molecule is Cc1nc2cnc3ccc(-c4cc(Cl)c(O)c(Cl)c4)cc3c2n1C1CCC(CO)CC1. The van der Waals surface area contributed by atoms with Crippen LogP contribution < -0.4 is 0 Å². The van der Waals surface area contributed by atoms with Crippen LogP contribution in [0.25, 0.3) is 33.1 Å². The first-order chi connectivity index (χ1) is 15.0. The van der Waals surface area contributed by atoms with Crippen LogP contribution in [-0.4, -0.2) is 31.4 Å². The summed E-state index contributed by atoms with van der Waals surface area (Å²) < 4.78 is 2.35. The van der Waals surface area contributed by atoms with E-state index in [2.05, 4.69) is 15.6 Å². The molecule has 7 heteroatoms. The van der Waals surface area contributed by atoms with Gasteiger partial charge < -0.3 is 14.8 Å². The van der Waals surface area contributed by atoms with E-state index in [0.717, 1.165) is 64.6 Å². The number of nitrogens with zero attached hydrogens (tertiary/aromatic N) is 3. The second kappa shape index (κ2) is 7.97. The van der Waals surface area contributed by atoms with Crippen LogP contribution in [0.5, 0.6) is 5.75 Å². The van der Waals surface area contributed by atoms with Crippen molar-refractivity contribution in [1.82, 2.24) is 14.5 Å². The van der Waals surface area contributed by atoms with E-state index in [1.807, 2.05) is 25.3 Å². The number of aliphatic hydroxyl groups is 1. The lowest BCUT2D eigenvalue weighted by atomic mass is 9.86. The van der Waals surface area contributed by atoms with Crippen LogP contribution >= 0.6 is 23.2 Å². The van der Waals surface area contributed by atoms with Crippen molar-refractivity contribution < 1.29 is 10.2 Å². The number of pyridine rings is 1. The van der Waals surface area contributed by atoms with Crippen molar-refractivity contribution in [3.8, 4) is 16.9 Å². The van der Waals surface area contributed by atoms with Crippen molar-refractivity contribution in [2.45, 2.75) is 38.6 Å². The zero-order valence-corrected chi connectivity index (χ0v) is 18.7. The number of phenols is 1. The van der Waals surface area contributed by atoms with Crippen LogP contribution in [-0.2, 0) is 0 Å². The van der Waals surface area contributed by atoms with E-state index in [9.17, 15) is 10.2 Å². The van der Waals surface area contributed by atoms with E-state index in [0.29, 0.717) is 12.0 Å². The number of aromatic hydroxyl groups is 1. The van der Waals surface area contributed by atoms with Crippen LogP contribution in [0.3, 0.4) is 0 Å². The molecule has 4 aromatic rings. The van der Waals surface area contributed by atoms with Crippen molar-refractivity contribution in [2.75, 3.05) is 6.61 Å². The Morgan fingerprint density at radius 2 is 1.71 bits per heavy atom. The van der Waals surface area contributed by atoms with E-state index in [1.165, 1.54) is 0 Å². The Morgan fingerprint density at radius 3 is 2.39 bits per heavy atom. The Labute approximate surface area is 190 Å². The number of aryl methyl sites for hydroxylation is 1. The minimum Gasteiger partial charge on any atom is -0.505 e. The van der Waals surface area contributed by atoms with Gasteiger partial charge in [-0.25, -0.2) is 4.98 Å². The Balaban J connectivity index is 1.68. The van der Waals surface area contributed by atoms with Crippen molar-refractivity contribution in [1.29, 1.82) is 0 Å². The first kappa shape index (κ1) is 20.6. The molecule has 5 nitrogen and oxygen atoms in total. The molecule has 0 saturated heterocycles. The topological polar surface area (TPSA) is 71.2 Å². The lowest BCUT2D eigenvalue weighted by Gasteiger charge is -2.29. The lowest BCUT2D eigenvalue weighted by molar-refractivity contribution is 0.169. The second-order valence-corrected chi connectivity index (χ2v) is 9.21. The van der Waals surface area contributed by atoms with E-state index in [-0.39, 0.29) is 22.4 Å². The number of phenolic OH excluding ortho intramolecular Hbond substituents is 1. The molecule has 0 amide bonds. The van der Waals surface area contributed by atoms with Gasteiger partial charge in [0.15, 0.2) is 5.75 Å². The fourth-order valence-electron chi connectivity index (χ4n) is 4.84. The molecule has 1 fully saturated rings. The zero-order chi connectivity index (χ0) is 21.7. The average Bonchev–Trinajstić information content (AvgIpc) is 3.13. The maximum Gasteiger partial charge on any atom is 0.152 e. The van der Waals surface area contributed by atoms with Gasteiger partial charge in [0, 0.05) is 18.0 Å². The summed E-state index contributed by atoms with van der Waals surface area (Å²) in [6, 6.07) is 9.88. The fourth-order valence-corrected chi connectivity index (χ4v) is 5.32. The highest BCUT2D eigenvalue weighted by Crippen LogP contribution is 2.39. The number of hydrogen-bond acceptors (Lipinski definition) is 4. The quantitative estimate of drug-likeness (QED) is 0.380. The van der Waals surface area contributed by atoms with Gasteiger partial charge in [-0.3, -0.25) is 4.98 Å². The molecule has 31 heavy (non-hydrogen) atoms. The Morgan fingerprint density at radius 1 is 1.00 bits per heavy atom. The summed E-state index contributed by atoms with van der Waals surface area (Å²) in [5.41, 5.74) is 4.65. The first-order valence-electron chi connectivity index (χ1n) is 10.5. The standard InChI is InChI=1S/C24H23Cl2N3O2/c1-13-28-22-11-27-21-7-4-15(16-9-19(25)24(31)20(26)10-16)8-18(21)23(22)29(13)17-5-2-14(12-30)3-6-17/h4,7-11,14,17,30-31H,2-3,5-6,12H2,1H3. The number of hydrogen-bond donors (Lipinski definition) is 2. The summed E-state index contributed by atoms with van der Waals surface area (Å²) in [5, 5.41) is 20.9. The Bertz CT molecular complexity index is 1270. The van der Waals surface area contributed by atoms with Crippen LogP contribution in [0.1, 0.15) is 37.5 Å². The molecular formula is C24H23Cl2N3O2. The number of aromatic nitrogens is 3. The molecule has 0 spiro atoms. The summed E-state index contributed by atoms with van der Waals surface area (Å²) in [6.07, 6.45) is 5.96. The predicted molar refractivity (Wildman–Crippen MR) is 125 cm³/mol. The molecule has 0 radical (unpaired) electrons. The number of benzene rings is 2. The van der Waals surface area contributed by atoms with Gasteiger partial charge >= 0.3 is 0 Å². The van der Waals surface area contributed by atoms with Crippen molar-refractivity contribution in [2.24, 2.45) is 5.92 Å². The highest BCUT2D eigenvalue weighted by molar-refractivity contribution is 6.37. The number of imidazole rings is 1. The maximum atomic E-state index is 9.91. The first-order valence-corrected chi connectivity index (χ1v) is 11.3. The fraction of sp³-hybridized carbons (Fsp3) is 0.333. The third kappa shape index (κ3) is 3.55. The molecule has 1 saturated carbocycles. The molecule has 2 heterocycles. The maximum absolute atomic E-state index is 9.91. The van der Waals surface area contributed by atoms with Gasteiger partial charge in [-0.15, -0.1) is 0 Å². The number of rotatable bonds is 3. The Hall–Kier alpha value is -2.34. The van der Waals surface area contributed by atoms with Gasteiger partial charge in [-0.05, 0) is 73.9 Å². The highest BCUT2D eigenvalue weighted by Gasteiger charge is 2.25. The number of fused-ring (bicyclic) bond motifs is 3. The highest BCUT2D eigenvalue weighted by atomic mass is 35.5. The van der Waals surface area contributed by atoms with Crippen molar-refractivity contribution in [3.05, 3.63) is 52.4 Å². The molecular weight excluding hydrogens is 433 g/mol. The summed E-state index contributed by atoms with van der Waals surface area (Å²) in [4.78, 5) is 9.41. The summed E-state index contributed by atoms with van der Waals surface area (Å²) in [6.45, 7) is 2.32. The molecule has 1 aliphatic carbocycles. The van der Waals surface area contributed by atoms with Gasteiger partial charge in [0.2, 0.25) is 0 Å². The van der Waals surface area contributed by atoms with Crippen molar-refractivity contribution in [3.63, 3.8) is 0 Å². The molecule has 2 aromatic heterocycles. The minimum absolute atomic E-state index is 0.107. The third-order valence-corrected chi connectivity index (χ3v) is 7.06. The number of halogens is 2. The molecule has 1 aliphatic rings.